The highest BCUT2D eigenvalue weighted by molar-refractivity contribution is 14.0. The molecule has 1 fully saturated rings. The summed E-state index contributed by atoms with van der Waals surface area (Å²) in [5.41, 5.74) is 0. The first-order chi connectivity index (χ1) is 12.1. The van der Waals surface area contributed by atoms with Gasteiger partial charge in [-0.2, -0.15) is 0 Å². The van der Waals surface area contributed by atoms with Crippen LogP contribution < -0.4 is 15.4 Å². The van der Waals surface area contributed by atoms with Crippen LogP contribution in [0.15, 0.2) is 35.3 Å². The maximum absolute atomic E-state index is 11.8. The molecule has 1 aliphatic rings. The van der Waals surface area contributed by atoms with Crippen LogP contribution in [0.5, 0.6) is 5.75 Å². The molecule has 1 saturated carbocycles. The van der Waals surface area contributed by atoms with Gasteiger partial charge in [0.05, 0.1) is 6.54 Å². The fourth-order valence-corrected chi connectivity index (χ4v) is 2.74. The molecule has 146 valence electrons. The van der Waals surface area contributed by atoms with Crippen LogP contribution in [0.1, 0.15) is 32.1 Å². The molecule has 0 unspecified atom stereocenters. The van der Waals surface area contributed by atoms with Crippen LogP contribution in [0.2, 0.25) is 0 Å². The number of aliphatic imine (C=N–C) groups is 1. The number of para-hydroxylation sites is 1. The van der Waals surface area contributed by atoms with E-state index in [1.807, 2.05) is 30.3 Å². The highest BCUT2D eigenvalue weighted by Gasteiger charge is 2.15. The summed E-state index contributed by atoms with van der Waals surface area (Å²) in [5.74, 6) is 1.54. The van der Waals surface area contributed by atoms with Gasteiger partial charge in [-0.1, -0.05) is 37.5 Å². The molecular weight excluding hydrogens is 443 g/mol. The number of carbonyl (C=O) groups is 1. The van der Waals surface area contributed by atoms with E-state index in [0.29, 0.717) is 25.2 Å². The average molecular weight is 474 g/mol. The molecule has 2 N–H and O–H groups in total. The number of carbonyl (C=O) groups excluding carboxylic acids is 1. The van der Waals surface area contributed by atoms with E-state index in [-0.39, 0.29) is 36.4 Å². The van der Waals surface area contributed by atoms with Crippen LogP contribution in [-0.4, -0.2) is 56.6 Å². The maximum atomic E-state index is 11.8. The molecule has 6 nitrogen and oxygen atoms in total. The smallest absolute Gasteiger partial charge is 0.243 e. The van der Waals surface area contributed by atoms with E-state index in [4.69, 9.17) is 4.74 Å². The molecule has 1 aromatic carbocycles. The van der Waals surface area contributed by atoms with Gasteiger partial charge in [0.15, 0.2) is 5.96 Å². The molecule has 0 atom stereocenters. The Bertz CT molecular complexity index is 546. The number of amides is 1. The van der Waals surface area contributed by atoms with Crippen LogP contribution in [0.4, 0.5) is 0 Å². The van der Waals surface area contributed by atoms with Gasteiger partial charge in [0, 0.05) is 20.1 Å². The Kier molecular flexibility index (Phi) is 11.1. The monoisotopic (exact) mass is 474 g/mol. The number of nitrogens with zero attached hydrogens (tertiary/aromatic N) is 2. The van der Waals surface area contributed by atoms with Gasteiger partial charge in [-0.15, -0.1) is 24.0 Å². The van der Waals surface area contributed by atoms with Gasteiger partial charge >= 0.3 is 0 Å². The first-order valence-corrected chi connectivity index (χ1v) is 9.08. The lowest BCUT2D eigenvalue weighted by molar-refractivity contribution is -0.127. The van der Waals surface area contributed by atoms with Crippen molar-refractivity contribution in [1.82, 2.24) is 15.5 Å². The minimum atomic E-state index is -0.00900. The summed E-state index contributed by atoms with van der Waals surface area (Å²) in [6.45, 7) is 1.31. The molecule has 2 rings (SSSR count). The first kappa shape index (κ1) is 22.5. The predicted octanol–water partition coefficient (Wildman–Crippen LogP) is 2.64. The fraction of sp³-hybridized carbons (Fsp3) is 0.579. The summed E-state index contributed by atoms with van der Waals surface area (Å²) in [4.78, 5) is 17.8. The Morgan fingerprint density at radius 1 is 1.19 bits per heavy atom. The molecule has 0 bridgehead atoms. The summed E-state index contributed by atoms with van der Waals surface area (Å²) in [6, 6.07) is 10.2. The summed E-state index contributed by atoms with van der Waals surface area (Å²) < 4.78 is 5.69. The summed E-state index contributed by atoms with van der Waals surface area (Å²) in [7, 11) is 3.49. The third kappa shape index (κ3) is 8.73. The van der Waals surface area contributed by atoms with Crippen LogP contribution in [0.3, 0.4) is 0 Å². The molecule has 1 aromatic rings. The average Bonchev–Trinajstić information content (AvgIpc) is 2.64. The van der Waals surface area contributed by atoms with Gasteiger partial charge in [0.2, 0.25) is 5.91 Å². The number of ether oxygens (including phenoxy) is 1. The van der Waals surface area contributed by atoms with Crippen molar-refractivity contribution in [3.05, 3.63) is 30.3 Å². The zero-order valence-electron chi connectivity index (χ0n) is 15.7. The first-order valence-electron chi connectivity index (χ1n) is 9.08. The summed E-state index contributed by atoms with van der Waals surface area (Å²) >= 11 is 0. The zero-order valence-corrected chi connectivity index (χ0v) is 18.1. The fourth-order valence-electron chi connectivity index (χ4n) is 2.74. The molecule has 7 heteroatoms. The Morgan fingerprint density at radius 2 is 1.88 bits per heavy atom. The Balaban J connectivity index is 0.00000338. The van der Waals surface area contributed by atoms with Gasteiger partial charge in [0.25, 0.3) is 0 Å². The summed E-state index contributed by atoms with van der Waals surface area (Å²) in [6.07, 6.45) is 6.12. The number of hydrogen-bond donors (Lipinski definition) is 2. The molecule has 0 aromatic heterocycles. The number of halogens is 1. The van der Waals surface area contributed by atoms with Crippen molar-refractivity contribution >= 4 is 35.8 Å². The lowest BCUT2D eigenvalue weighted by Crippen LogP contribution is -2.45. The molecular formula is C19H31IN4O2. The van der Waals surface area contributed by atoms with Crippen molar-refractivity contribution in [2.24, 2.45) is 4.99 Å². The lowest BCUT2D eigenvalue weighted by Gasteiger charge is -2.25. The van der Waals surface area contributed by atoms with E-state index in [2.05, 4.69) is 15.6 Å². The molecule has 0 heterocycles. The normalized spacial score (nSPS) is 14.9. The van der Waals surface area contributed by atoms with E-state index in [1.165, 1.54) is 19.3 Å². The Morgan fingerprint density at radius 3 is 2.54 bits per heavy atom. The van der Waals surface area contributed by atoms with Gasteiger partial charge < -0.3 is 20.3 Å². The summed E-state index contributed by atoms with van der Waals surface area (Å²) in [5, 5.41) is 6.74. The van der Waals surface area contributed by atoms with Crippen LogP contribution in [-0.2, 0) is 4.79 Å². The highest BCUT2D eigenvalue weighted by Crippen LogP contribution is 2.17. The SMILES string of the molecule is CN(C)C(=O)CN=C(NCCOc1ccccc1)NC1CCCCC1.I. The number of rotatable bonds is 7. The molecule has 1 amide bonds. The van der Waals surface area contributed by atoms with Crippen LogP contribution in [0.25, 0.3) is 0 Å². The van der Waals surface area contributed by atoms with Crippen molar-refractivity contribution < 1.29 is 9.53 Å². The second-order valence-electron chi connectivity index (χ2n) is 6.52. The number of likely N-dealkylation sites (N-methyl/N-ethyl adjacent to an activating group) is 1. The Labute approximate surface area is 173 Å². The van der Waals surface area contributed by atoms with Gasteiger partial charge in [0.1, 0.15) is 18.9 Å². The molecule has 26 heavy (non-hydrogen) atoms. The van der Waals surface area contributed by atoms with Gasteiger partial charge in [-0.3, -0.25) is 4.79 Å². The zero-order chi connectivity index (χ0) is 17.9. The standard InChI is InChI=1S/C19H30N4O2.HI/c1-23(2)18(24)15-21-19(22-16-9-5-3-6-10-16)20-13-14-25-17-11-7-4-8-12-17;/h4,7-8,11-12,16H,3,5-6,9-10,13-15H2,1-2H3,(H2,20,21,22);1H. The van der Waals surface area contributed by atoms with E-state index >= 15 is 0 Å². The van der Waals surface area contributed by atoms with Gasteiger partial charge in [-0.25, -0.2) is 4.99 Å². The van der Waals surface area contributed by atoms with Crippen molar-refractivity contribution in [3.63, 3.8) is 0 Å². The molecule has 0 aliphatic heterocycles. The lowest BCUT2D eigenvalue weighted by atomic mass is 9.96. The van der Waals surface area contributed by atoms with Crippen LogP contribution >= 0.6 is 24.0 Å². The van der Waals surface area contributed by atoms with Crippen molar-refractivity contribution in [2.45, 2.75) is 38.1 Å². The molecule has 0 saturated heterocycles. The third-order valence-corrected chi connectivity index (χ3v) is 4.22. The second-order valence-corrected chi connectivity index (χ2v) is 6.52. The van der Waals surface area contributed by atoms with Crippen LogP contribution in [0, 0.1) is 0 Å². The second kappa shape index (κ2) is 12.8. The molecule has 1 aliphatic carbocycles. The molecule has 0 spiro atoms. The number of guanidine groups is 1. The van der Waals surface area contributed by atoms with E-state index < -0.39 is 0 Å². The number of hydrogen-bond acceptors (Lipinski definition) is 3. The van der Waals surface area contributed by atoms with Crippen molar-refractivity contribution in [1.29, 1.82) is 0 Å². The number of benzene rings is 1. The van der Waals surface area contributed by atoms with Gasteiger partial charge in [-0.05, 0) is 25.0 Å². The van der Waals surface area contributed by atoms with Crippen molar-refractivity contribution in [3.8, 4) is 5.75 Å². The number of nitrogens with one attached hydrogen (secondary N) is 2. The van der Waals surface area contributed by atoms with E-state index in [1.54, 1.807) is 19.0 Å². The highest BCUT2D eigenvalue weighted by atomic mass is 127. The Hall–Kier alpha value is -1.51. The van der Waals surface area contributed by atoms with Crippen molar-refractivity contribution in [2.75, 3.05) is 33.8 Å². The largest absolute Gasteiger partial charge is 0.492 e. The predicted molar refractivity (Wildman–Crippen MR) is 116 cm³/mol. The quantitative estimate of drug-likeness (QED) is 0.276. The minimum absolute atomic E-state index is 0. The maximum Gasteiger partial charge on any atom is 0.243 e. The minimum Gasteiger partial charge on any atom is -0.492 e. The van der Waals surface area contributed by atoms with E-state index in [9.17, 15) is 4.79 Å². The molecule has 0 radical (unpaired) electrons. The third-order valence-electron chi connectivity index (χ3n) is 4.22. The topological polar surface area (TPSA) is 66.0 Å². The van der Waals surface area contributed by atoms with E-state index in [0.717, 1.165) is 18.6 Å².